The van der Waals surface area contributed by atoms with Crippen LogP contribution >= 0.6 is 24.0 Å². The number of hydrogen-bond acceptors (Lipinski definition) is 5. The highest BCUT2D eigenvalue weighted by Crippen LogP contribution is 2.32. The topological polar surface area (TPSA) is 46.6 Å². The van der Waals surface area contributed by atoms with E-state index in [2.05, 4.69) is 0 Å². The normalized spacial score (nSPS) is 16.7. The van der Waals surface area contributed by atoms with Crippen LogP contribution in [-0.2, 0) is 14.3 Å². The van der Waals surface area contributed by atoms with Crippen LogP contribution in [0.2, 0.25) is 0 Å². The Labute approximate surface area is 133 Å². The lowest BCUT2D eigenvalue weighted by Crippen LogP contribution is -2.34. The average molecular weight is 321 g/mol. The third-order valence-electron chi connectivity index (χ3n) is 2.84. The Morgan fingerprint density at radius 3 is 2.67 bits per heavy atom. The zero-order valence-corrected chi connectivity index (χ0v) is 13.4. The number of carbonyl (C=O) groups is 2. The molecule has 2 rings (SSSR count). The predicted octanol–water partition coefficient (Wildman–Crippen LogP) is 2.76. The zero-order chi connectivity index (χ0) is 15.4. The zero-order valence-electron chi connectivity index (χ0n) is 11.8. The summed E-state index contributed by atoms with van der Waals surface area (Å²) in [6.45, 7) is 3.87. The number of nitrogens with zero attached hydrogens (tertiary/aromatic N) is 1. The number of esters is 1. The summed E-state index contributed by atoms with van der Waals surface area (Å²) in [5.41, 5.74) is 2.08. The highest BCUT2D eigenvalue weighted by atomic mass is 32.2. The van der Waals surface area contributed by atoms with Gasteiger partial charge in [0.2, 0.25) is 0 Å². The van der Waals surface area contributed by atoms with Gasteiger partial charge in [0.1, 0.15) is 10.9 Å². The number of benzene rings is 1. The molecule has 0 spiro atoms. The third-order valence-corrected chi connectivity index (χ3v) is 4.22. The summed E-state index contributed by atoms with van der Waals surface area (Å²) in [5.74, 6) is -0.705. The maximum atomic E-state index is 12.3. The summed E-state index contributed by atoms with van der Waals surface area (Å²) < 4.78 is 5.23. The quantitative estimate of drug-likeness (QED) is 0.485. The molecule has 110 valence electrons. The Kier molecular flexibility index (Phi) is 5.14. The second kappa shape index (κ2) is 6.87. The van der Waals surface area contributed by atoms with Crippen molar-refractivity contribution in [3.8, 4) is 0 Å². The Morgan fingerprint density at radius 1 is 1.38 bits per heavy atom. The molecule has 0 atom stereocenters. The van der Waals surface area contributed by atoms with Crippen molar-refractivity contribution < 1.29 is 14.3 Å². The van der Waals surface area contributed by atoms with Crippen LogP contribution < -0.4 is 0 Å². The number of thioether (sulfide) groups is 1. The van der Waals surface area contributed by atoms with Crippen LogP contribution in [0.15, 0.2) is 29.2 Å². The van der Waals surface area contributed by atoms with Gasteiger partial charge in [-0.05, 0) is 25.5 Å². The molecule has 0 radical (unpaired) electrons. The van der Waals surface area contributed by atoms with Crippen molar-refractivity contribution >= 4 is 46.3 Å². The monoisotopic (exact) mass is 321 g/mol. The van der Waals surface area contributed by atoms with Crippen LogP contribution in [-0.4, -0.2) is 34.2 Å². The molecule has 6 heteroatoms. The first-order valence-electron chi connectivity index (χ1n) is 6.49. The Bertz CT molecular complexity index is 608. The van der Waals surface area contributed by atoms with Gasteiger partial charge in [-0.1, -0.05) is 53.8 Å². The first-order chi connectivity index (χ1) is 10.0. The van der Waals surface area contributed by atoms with E-state index in [0.717, 1.165) is 11.1 Å². The van der Waals surface area contributed by atoms with E-state index >= 15 is 0 Å². The smallest absolute Gasteiger partial charge is 0.326 e. The highest BCUT2D eigenvalue weighted by Gasteiger charge is 2.33. The van der Waals surface area contributed by atoms with Crippen molar-refractivity contribution in [1.29, 1.82) is 0 Å². The maximum Gasteiger partial charge on any atom is 0.326 e. The summed E-state index contributed by atoms with van der Waals surface area (Å²) in [6, 6.07) is 7.83. The number of thiocarbonyl (C=S) groups is 1. The fourth-order valence-electron chi connectivity index (χ4n) is 1.79. The van der Waals surface area contributed by atoms with Crippen molar-refractivity contribution in [2.75, 3.05) is 13.2 Å². The molecule has 0 unspecified atom stereocenters. The third kappa shape index (κ3) is 3.92. The molecule has 1 saturated heterocycles. The molecule has 21 heavy (non-hydrogen) atoms. The molecule has 1 aliphatic rings. The molecule has 0 saturated carbocycles. The molecule has 0 bridgehead atoms. The molecular formula is C15H15NO3S2. The van der Waals surface area contributed by atoms with Crippen LogP contribution in [0.5, 0.6) is 0 Å². The minimum Gasteiger partial charge on any atom is -0.465 e. The van der Waals surface area contributed by atoms with E-state index in [1.807, 2.05) is 31.2 Å². The van der Waals surface area contributed by atoms with Crippen LogP contribution in [0.1, 0.15) is 18.1 Å². The minimum absolute atomic E-state index is 0.135. The van der Waals surface area contributed by atoms with Gasteiger partial charge in [-0.3, -0.25) is 14.5 Å². The van der Waals surface area contributed by atoms with E-state index in [-0.39, 0.29) is 19.1 Å². The van der Waals surface area contributed by atoms with E-state index in [1.54, 1.807) is 13.0 Å². The number of carbonyl (C=O) groups excluding carboxylic acids is 2. The molecule has 1 amide bonds. The number of ether oxygens (including phenoxy) is 1. The maximum absolute atomic E-state index is 12.3. The molecule has 0 aromatic heterocycles. The average Bonchev–Trinajstić information content (AvgIpc) is 2.69. The minimum atomic E-state index is -0.453. The van der Waals surface area contributed by atoms with Crippen molar-refractivity contribution in [2.24, 2.45) is 0 Å². The van der Waals surface area contributed by atoms with Crippen LogP contribution in [0.3, 0.4) is 0 Å². The fourth-order valence-corrected chi connectivity index (χ4v) is 3.04. The van der Waals surface area contributed by atoms with Gasteiger partial charge in [0, 0.05) is 0 Å². The van der Waals surface area contributed by atoms with E-state index in [9.17, 15) is 9.59 Å². The van der Waals surface area contributed by atoms with Gasteiger partial charge in [-0.25, -0.2) is 0 Å². The predicted molar refractivity (Wildman–Crippen MR) is 87.7 cm³/mol. The molecule has 1 fully saturated rings. The summed E-state index contributed by atoms with van der Waals surface area (Å²) >= 11 is 6.36. The molecule has 1 aliphatic heterocycles. The van der Waals surface area contributed by atoms with E-state index in [4.69, 9.17) is 17.0 Å². The summed E-state index contributed by atoms with van der Waals surface area (Å²) in [7, 11) is 0. The Balaban J connectivity index is 2.13. The van der Waals surface area contributed by atoms with Gasteiger partial charge in [0.15, 0.2) is 0 Å². The SMILES string of the molecule is CCOC(=O)CN1C(=O)C(=Cc2ccc(C)cc2)SC1=S. The van der Waals surface area contributed by atoms with Gasteiger partial charge < -0.3 is 4.74 Å². The summed E-state index contributed by atoms with van der Waals surface area (Å²) in [4.78, 5) is 25.6. The van der Waals surface area contributed by atoms with Crippen molar-refractivity contribution in [2.45, 2.75) is 13.8 Å². The standard InChI is InChI=1S/C15H15NO3S2/c1-3-19-13(17)9-16-14(18)12(21-15(16)20)8-11-6-4-10(2)5-7-11/h4-8H,3,9H2,1-2H3. The van der Waals surface area contributed by atoms with Gasteiger partial charge in [-0.2, -0.15) is 0 Å². The Morgan fingerprint density at radius 2 is 2.05 bits per heavy atom. The second-order valence-corrected chi connectivity index (χ2v) is 6.16. The first kappa shape index (κ1) is 15.7. The van der Waals surface area contributed by atoms with Gasteiger partial charge in [0.25, 0.3) is 5.91 Å². The fraction of sp³-hybridized carbons (Fsp3) is 0.267. The number of rotatable bonds is 4. The number of hydrogen-bond donors (Lipinski definition) is 0. The first-order valence-corrected chi connectivity index (χ1v) is 7.71. The van der Waals surface area contributed by atoms with E-state index in [1.165, 1.54) is 16.7 Å². The van der Waals surface area contributed by atoms with Crippen molar-refractivity contribution in [3.63, 3.8) is 0 Å². The molecule has 0 aliphatic carbocycles. The van der Waals surface area contributed by atoms with Gasteiger partial charge in [-0.15, -0.1) is 0 Å². The number of amides is 1. The number of aryl methyl sites for hydroxylation is 1. The molecule has 4 nitrogen and oxygen atoms in total. The summed E-state index contributed by atoms with van der Waals surface area (Å²) in [6.07, 6.45) is 1.78. The van der Waals surface area contributed by atoms with Crippen molar-refractivity contribution in [3.05, 3.63) is 40.3 Å². The van der Waals surface area contributed by atoms with Crippen LogP contribution in [0.4, 0.5) is 0 Å². The lowest BCUT2D eigenvalue weighted by atomic mass is 10.1. The largest absolute Gasteiger partial charge is 0.465 e. The molecular weight excluding hydrogens is 306 g/mol. The van der Waals surface area contributed by atoms with Crippen LogP contribution in [0.25, 0.3) is 6.08 Å². The van der Waals surface area contributed by atoms with Crippen molar-refractivity contribution in [1.82, 2.24) is 4.90 Å². The lowest BCUT2D eigenvalue weighted by Gasteiger charge is -2.12. The Hall–Kier alpha value is -1.66. The molecule has 1 aromatic carbocycles. The van der Waals surface area contributed by atoms with Gasteiger partial charge in [0.05, 0.1) is 11.5 Å². The molecule has 1 aromatic rings. The van der Waals surface area contributed by atoms with Gasteiger partial charge >= 0.3 is 5.97 Å². The van der Waals surface area contributed by atoms with E-state index in [0.29, 0.717) is 9.23 Å². The highest BCUT2D eigenvalue weighted by molar-refractivity contribution is 8.26. The second-order valence-electron chi connectivity index (χ2n) is 4.48. The molecule has 1 heterocycles. The van der Waals surface area contributed by atoms with E-state index < -0.39 is 5.97 Å². The lowest BCUT2D eigenvalue weighted by molar-refractivity contribution is -0.145. The molecule has 0 N–H and O–H groups in total. The van der Waals surface area contributed by atoms with Crippen LogP contribution in [0, 0.1) is 6.92 Å². The summed E-state index contributed by atoms with van der Waals surface area (Å²) in [5, 5.41) is 0.